The van der Waals surface area contributed by atoms with Crippen LogP contribution in [0.1, 0.15) is 39.5 Å². The topological polar surface area (TPSA) is 41.1 Å². The maximum Gasteiger partial charge on any atom is 0.227 e. The molecule has 2 heterocycles. The van der Waals surface area contributed by atoms with Gasteiger partial charge >= 0.3 is 0 Å². The first-order valence-corrected chi connectivity index (χ1v) is 9.19. The SMILES string of the molecule is CCCCNc1cc(-c2ccccc2)nc(N2CCCC(C)C2)n1. The minimum atomic E-state index is 0.708. The van der Waals surface area contributed by atoms with Crippen LogP contribution in [0.15, 0.2) is 36.4 Å². The first kappa shape index (κ1) is 16.7. The van der Waals surface area contributed by atoms with E-state index in [1.54, 1.807) is 0 Å². The van der Waals surface area contributed by atoms with Gasteiger partial charge in [0.2, 0.25) is 5.95 Å². The molecule has 1 saturated heterocycles. The Balaban J connectivity index is 1.90. The zero-order chi connectivity index (χ0) is 16.8. The van der Waals surface area contributed by atoms with E-state index in [1.807, 2.05) is 6.07 Å². The minimum absolute atomic E-state index is 0.708. The number of hydrogen-bond acceptors (Lipinski definition) is 4. The Hall–Kier alpha value is -2.10. The molecule has 1 aromatic heterocycles. The Kier molecular flexibility index (Phi) is 5.68. The average molecular weight is 324 g/mol. The van der Waals surface area contributed by atoms with Crippen LogP contribution in [0.25, 0.3) is 11.3 Å². The van der Waals surface area contributed by atoms with Crippen molar-refractivity contribution < 1.29 is 0 Å². The molecule has 0 spiro atoms. The summed E-state index contributed by atoms with van der Waals surface area (Å²) in [5, 5.41) is 3.47. The number of piperidine rings is 1. The van der Waals surface area contributed by atoms with E-state index in [2.05, 4.69) is 54.4 Å². The zero-order valence-corrected chi connectivity index (χ0v) is 14.8. The van der Waals surface area contributed by atoms with Gasteiger partial charge in [-0.25, -0.2) is 4.98 Å². The van der Waals surface area contributed by atoms with E-state index in [1.165, 1.54) is 19.3 Å². The van der Waals surface area contributed by atoms with Gasteiger partial charge < -0.3 is 10.2 Å². The Bertz CT molecular complexity index is 641. The van der Waals surface area contributed by atoms with E-state index in [0.717, 1.165) is 49.1 Å². The summed E-state index contributed by atoms with van der Waals surface area (Å²) in [6.45, 7) is 7.58. The van der Waals surface area contributed by atoms with Crippen LogP contribution in [0.3, 0.4) is 0 Å². The Labute approximate surface area is 145 Å². The zero-order valence-electron chi connectivity index (χ0n) is 14.8. The lowest BCUT2D eigenvalue weighted by Crippen LogP contribution is -2.35. The summed E-state index contributed by atoms with van der Waals surface area (Å²) in [7, 11) is 0. The fraction of sp³-hybridized carbons (Fsp3) is 0.500. The fourth-order valence-corrected chi connectivity index (χ4v) is 3.19. The third-order valence-corrected chi connectivity index (χ3v) is 4.56. The second-order valence-electron chi connectivity index (χ2n) is 6.78. The van der Waals surface area contributed by atoms with Crippen molar-refractivity contribution >= 4 is 11.8 Å². The van der Waals surface area contributed by atoms with E-state index in [4.69, 9.17) is 9.97 Å². The molecular formula is C20H28N4. The number of benzene rings is 1. The van der Waals surface area contributed by atoms with Gasteiger partial charge in [0, 0.05) is 31.3 Å². The molecule has 0 amide bonds. The third kappa shape index (κ3) is 4.25. The fourth-order valence-electron chi connectivity index (χ4n) is 3.19. The van der Waals surface area contributed by atoms with Crippen molar-refractivity contribution in [2.75, 3.05) is 29.9 Å². The molecular weight excluding hydrogens is 296 g/mol. The number of nitrogens with one attached hydrogen (secondary N) is 1. The maximum absolute atomic E-state index is 4.86. The summed E-state index contributed by atoms with van der Waals surface area (Å²) in [5.74, 6) is 2.51. The molecule has 1 N–H and O–H groups in total. The molecule has 1 aliphatic heterocycles. The highest BCUT2D eigenvalue weighted by Crippen LogP contribution is 2.25. The molecule has 1 atom stereocenters. The van der Waals surface area contributed by atoms with Crippen molar-refractivity contribution in [2.24, 2.45) is 5.92 Å². The van der Waals surface area contributed by atoms with Gasteiger partial charge in [-0.05, 0) is 25.2 Å². The lowest BCUT2D eigenvalue weighted by Gasteiger charge is -2.31. The van der Waals surface area contributed by atoms with Crippen molar-refractivity contribution in [1.82, 2.24) is 9.97 Å². The summed E-state index contributed by atoms with van der Waals surface area (Å²) in [5.41, 5.74) is 2.14. The van der Waals surface area contributed by atoms with Crippen LogP contribution in [-0.4, -0.2) is 29.6 Å². The number of anilines is 2. The summed E-state index contributed by atoms with van der Waals surface area (Å²) in [6, 6.07) is 12.5. The summed E-state index contributed by atoms with van der Waals surface area (Å²) in [4.78, 5) is 12.0. The number of nitrogens with zero attached hydrogens (tertiary/aromatic N) is 3. The highest BCUT2D eigenvalue weighted by atomic mass is 15.3. The van der Waals surface area contributed by atoms with Crippen LogP contribution >= 0.6 is 0 Å². The monoisotopic (exact) mass is 324 g/mol. The highest BCUT2D eigenvalue weighted by Gasteiger charge is 2.20. The molecule has 4 nitrogen and oxygen atoms in total. The lowest BCUT2D eigenvalue weighted by molar-refractivity contribution is 0.442. The van der Waals surface area contributed by atoms with E-state index in [-0.39, 0.29) is 0 Å². The van der Waals surface area contributed by atoms with Gasteiger partial charge in [-0.2, -0.15) is 4.98 Å². The van der Waals surface area contributed by atoms with Gasteiger partial charge in [-0.1, -0.05) is 50.6 Å². The summed E-state index contributed by atoms with van der Waals surface area (Å²) < 4.78 is 0. The molecule has 128 valence electrons. The molecule has 1 aromatic carbocycles. The van der Waals surface area contributed by atoms with Crippen LogP contribution in [0.5, 0.6) is 0 Å². The van der Waals surface area contributed by atoms with Crippen LogP contribution in [0, 0.1) is 5.92 Å². The maximum atomic E-state index is 4.86. The predicted octanol–water partition coefficient (Wildman–Crippen LogP) is 4.59. The van der Waals surface area contributed by atoms with Crippen molar-refractivity contribution in [3.8, 4) is 11.3 Å². The molecule has 0 bridgehead atoms. The smallest absolute Gasteiger partial charge is 0.227 e. The van der Waals surface area contributed by atoms with E-state index < -0.39 is 0 Å². The molecule has 3 rings (SSSR count). The summed E-state index contributed by atoms with van der Waals surface area (Å²) >= 11 is 0. The average Bonchev–Trinajstić information content (AvgIpc) is 2.62. The molecule has 1 aliphatic rings. The van der Waals surface area contributed by atoms with Gasteiger partial charge in [0.25, 0.3) is 0 Å². The van der Waals surface area contributed by atoms with Gasteiger partial charge in [-0.3, -0.25) is 0 Å². The quantitative estimate of drug-likeness (QED) is 0.789. The van der Waals surface area contributed by atoms with Gasteiger partial charge in [0.1, 0.15) is 5.82 Å². The molecule has 1 fully saturated rings. The number of hydrogen-bond donors (Lipinski definition) is 1. The van der Waals surface area contributed by atoms with Crippen LogP contribution < -0.4 is 10.2 Å². The van der Waals surface area contributed by atoms with Crippen LogP contribution in [0.2, 0.25) is 0 Å². The molecule has 0 radical (unpaired) electrons. The standard InChI is InChI=1S/C20H28N4/c1-3-4-12-21-19-14-18(17-10-6-5-7-11-17)22-20(23-19)24-13-8-9-16(2)15-24/h5-7,10-11,14,16H,3-4,8-9,12-13,15H2,1-2H3,(H,21,22,23). The van der Waals surface area contributed by atoms with E-state index >= 15 is 0 Å². The highest BCUT2D eigenvalue weighted by molar-refractivity contribution is 5.64. The van der Waals surface area contributed by atoms with Crippen molar-refractivity contribution in [3.05, 3.63) is 36.4 Å². The Morgan fingerprint density at radius 3 is 2.79 bits per heavy atom. The normalized spacial score (nSPS) is 17.8. The van der Waals surface area contributed by atoms with Crippen LogP contribution in [0.4, 0.5) is 11.8 Å². The van der Waals surface area contributed by atoms with E-state index in [0.29, 0.717) is 5.92 Å². The molecule has 4 heteroatoms. The molecule has 0 aliphatic carbocycles. The number of rotatable bonds is 6. The van der Waals surface area contributed by atoms with Gasteiger partial charge in [-0.15, -0.1) is 0 Å². The predicted molar refractivity (Wildman–Crippen MR) is 101 cm³/mol. The second-order valence-corrected chi connectivity index (χ2v) is 6.78. The van der Waals surface area contributed by atoms with Crippen molar-refractivity contribution in [2.45, 2.75) is 39.5 Å². The van der Waals surface area contributed by atoms with Crippen LogP contribution in [-0.2, 0) is 0 Å². The minimum Gasteiger partial charge on any atom is -0.370 e. The van der Waals surface area contributed by atoms with Crippen molar-refractivity contribution in [1.29, 1.82) is 0 Å². The first-order valence-electron chi connectivity index (χ1n) is 9.19. The van der Waals surface area contributed by atoms with E-state index in [9.17, 15) is 0 Å². The van der Waals surface area contributed by atoms with Gasteiger partial charge in [0.15, 0.2) is 0 Å². The second kappa shape index (κ2) is 8.13. The molecule has 0 saturated carbocycles. The molecule has 2 aromatic rings. The Morgan fingerprint density at radius 1 is 1.21 bits per heavy atom. The van der Waals surface area contributed by atoms with Crippen molar-refractivity contribution in [3.63, 3.8) is 0 Å². The number of aromatic nitrogens is 2. The Morgan fingerprint density at radius 2 is 2.04 bits per heavy atom. The lowest BCUT2D eigenvalue weighted by atomic mass is 10.0. The summed E-state index contributed by atoms with van der Waals surface area (Å²) in [6.07, 6.45) is 4.86. The molecule has 1 unspecified atom stereocenters. The largest absolute Gasteiger partial charge is 0.370 e. The van der Waals surface area contributed by atoms with Gasteiger partial charge in [0.05, 0.1) is 5.69 Å². The first-order chi connectivity index (χ1) is 11.8. The number of unbranched alkanes of at least 4 members (excludes halogenated alkanes) is 1. The molecule has 24 heavy (non-hydrogen) atoms. The third-order valence-electron chi connectivity index (χ3n) is 4.56.